The fourth-order valence-corrected chi connectivity index (χ4v) is 6.44. The summed E-state index contributed by atoms with van der Waals surface area (Å²) in [6.45, 7) is 0.00405. The molecule has 3 saturated heterocycles. The topological polar surface area (TPSA) is 90.6 Å². The van der Waals surface area contributed by atoms with E-state index < -0.39 is 50.9 Å². The normalized spacial score (nSPS) is 35.6. The number of hydrogen-bond acceptors (Lipinski definition) is 5. The number of halogens is 3. The SMILES string of the molecule is N#Cc1ccc(N2C[C@H]3[C@H]([C@H]4O[C@@H]3C[C@H]4O)S2(=O)=O)cc1C(F)(F)F. The zero-order valence-electron chi connectivity index (χ0n) is 12.6. The zero-order valence-corrected chi connectivity index (χ0v) is 13.5. The van der Waals surface area contributed by atoms with E-state index in [1.54, 1.807) is 0 Å². The fourth-order valence-electron chi connectivity index (χ4n) is 4.07. The first kappa shape index (κ1) is 16.6. The minimum Gasteiger partial charge on any atom is -0.390 e. The summed E-state index contributed by atoms with van der Waals surface area (Å²) >= 11 is 0. The molecule has 1 N–H and O–H groups in total. The van der Waals surface area contributed by atoms with Crippen molar-refractivity contribution < 1.29 is 31.4 Å². The van der Waals surface area contributed by atoms with Crippen molar-refractivity contribution in [2.45, 2.75) is 36.2 Å². The van der Waals surface area contributed by atoms with Gasteiger partial charge in [0.05, 0.1) is 35.1 Å². The summed E-state index contributed by atoms with van der Waals surface area (Å²) < 4.78 is 71.5. The second-order valence-electron chi connectivity index (χ2n) is 6.49. The molecule has 0 amide bonds. The molecule has 0 unspecified atom stereocenters. The van der Waals surface area contributed by atoms with Crippen LogP contribution in [0, 0.1) is 17.2 Å². The predicted molar refractivity (Wildman–Crippen MR) is 79.0 cm³/mol. The number of aliphatic hydroxyl groups is 1. The monoisotopic (exact) mass is 374 g/mol. The van der Waals surface area contributed by atoms with E-state index in [-0.39, 0.29) is 18.2 Å². The van der Waals surface area contributed by atoms with Crippen LogP contribution in [0.5, 0.6) is 0 Å². The third-order valence-corrected chi connectivity index (χ3v) is 7.43. The molecule has 3 fully saturated rings. The van der Waals surface area contributed by atoms with Crippen LogP contribution < -0.4 is 4.31 Å². The molecule has 3 aliphatic rings. The first-order valence-electron chi connectivity index (χ1n) is 7.61. The summed E-state index contributed by atoms with van der Waals surface area (Å²) in [5, 5.41) is 17.8. The van der Waals surface area contributed by atoms with Gasteiger partial charge in [0.25, 0.3) is 0 Å². The van der Waals surface area contributed by atoms with Crippen LogP contribution in [0.2, 0.25) is 0 Å². The van der Waals surface area contributed by atoms with E-state index in [0.717, 1.165) is 10.4 Å². The Balaban J connectivity index is 1.76. The van der Waals surface area contributed by atoms with E-state index in [4.69, 9.17) is 10.00 Å². The Morgan fingerprint density at radius 3 is 2.72 bits per heavy atom. The van der Waals surface area contributed by atoms with Crippen LogP contribution in [0.4, 0.5) is 18.9 Å². The van der Waals surface area contributed by atoms with Crippen molar-refractivity contribution in [3.8, 4) is 6.07 Å². The first-order valence-corrected chi connectivity index (χ1v) is 9.11. The molecular formula is C15H13F3N2O4S. The van der Waals surface area contributed by atoms with Gasteiger partial charge in [-0.1, -0.05) is 0 Å². The van der Waals surface area contributed by atoms with Crippen molar-refractivity contribution in [1.29, 1.82) is 5.26 Å². The van der Waals surface area contributed by atoms with Crippen molar-refractivity contribution in [1.82, 2.24) is 0 Å². The van der Waals surface area contributed by atoms with E-state index in [2.05, 4.69) is 0 Å². The molecule has 134 valence electrons. The third kappa shape index (κ3) is 2.26. The van der Waals surface area contributed by atoms with Crippen molar-refractivity contribution in [3.63, 3.8) is 0 Å². The van der Waals surface area contributed by atoms with Crippen LogP contribution >= 0.6 is 0 Å². The lowest BCUT2D eigenvalue weighted by molar-refractivity contribution is -0.137. The van der Waals surface area contributed by atoms with Crippen LogP contribution in [-0.4, -0.2) is 43.6 Å². The Morgan fingerprint density at radius 1 is 1.36 bits per heavy atom. The summed E-state index contributed by atoms with van der Waals surface area (Å²) in [5.74, 6) is -0.386. The molecule has 0 radical (unpaired) electrons. The molecule has 10 heteroatoms. The number of hydrogen-bond donors (Lipinski definition) is 1. The summed E-state index contributed by atoms with van der Waals surface area (Å²) in [6, 6.07) is 4.33. The number of nitrogens with zero attached hydrogens (tertiary/aromatic N) is 2. The maximum absolute atomic E-state index is 13.1. The summed E-state index contributed by atoms with van der Waals surface area (Å²) in [6.07, 6.45) is -6.57. The predicted octanol–water partition coefficient (Wildman–Crippen LogP) is 1.24. The minimum absolute atomic E-state index is 0.00405. The number of sulfonamides is 1. The molecule has 2 bridgehead atoms. The van der Waals surface area contributed by atoms with Gasteiger partial charge in [-0.25, -0.2) is 8.42 Å². The second-order valence-corrected chi connectivity index (χ2v) is 8.50. The molecule has 1 aromatic rings. The lowest BCUT2D eigenvalue weighted by atomic mass is 9.87. The maximum atomic E-state index is 13.1. The fraction of sp³-hybridized carbons (Fsp3) is 0.533. The summed E-state index contributed by atoms with van der Waals surface area (Å²) in [5.41, 5.74) is -1.86. The van der Waals surface area contributed by atoms with Gasteiger partial charge in [-0.15, -0.1) is 0 Å². The van der Waals surface area contributed by atoms with Gasteiger partial charge in [-0.05, 0) is 18.2 Å². The van der Waals surface area contributed by atoms with E-state index in [0.29, 0.717) is 12.5 Å². The molecular weight excluding hydrogens is 361 g/mol. The van der Waals surface area contributed by atoms with Gasteiger partial charge in [0, 0.05) is 18.9 Å². The quantitative estimate of drug-likeness (QED) is 0.799. The number of benzene rings is 1. The molecule has 25 heavy (non-hydrogen) atoms. The number of ether oxygens (including phenoxy) is 1. The molecule has 0 spiro atoms. The second kappa shape index (κ2) is 5.09. The lowest BCUT2D eigenvalue weighted by Gasteiger charge is -2.23. The molecule has 6 nitrogen and oxygen atoms in total. The lowest BCUT2D eigenvalue weighted by Crippen LogP contribution is -2.42. The highest BCUT2D eigenvalue weighted by atomic mass is 32.2. The van der Waals surface area contributed by atoms with Gasteiger partial charge in [0.1, 0.15) is 11.4 Å². The zero-order chi connectivity index (χ0) is 18.1. The Hall–Kier alpha value is -1.83. The van der Waals surface area contributed by atoms with E-state index in [1.807, 2.05) is 0 Å². The minimum atomic E-state index is -4.77. The maximum Gasteiger partial charge on any atom is 0.417 e. The van der Waals surface area contributed by atoms with Gasteiger partial charge in [0.2, 0.25) is 10.0 Å². The highest BCUT2D eigenvalue weighted by Crippen LogP contribution is 2.49. The summed E-state index contributed by atoms with van der Waals surface area (Å²) in [7, 11) is -3.97. The highest BCUT2D eigenvalue weighted by Gasteiger charge is 2.64. The van der Waals surface area contributed by atoms with E-state index in [1.165, 1.54) is 12.1 Å². The van der Waals surface area contributed by atoms with Gasteiger partial charge < -0.3 is 9.84 Å². The highest BCUT2D eigenvalue weighted by molar-refractivity contribution is 7.93. The first-order chi connectivity index (χ1) is 11.6. The molecule has 5 atom stereocenters. The van der Waals surface area contributed by atoms with E-state index >= 15 is 0 Å². The van der Waals surface area contributed by atoms with Crippen LogP contribution in [0.1, 0.15) is 17.5 Å². The van der Waals surface area contributed by atoms with Crippen LogP contribution in [-0.2, 0) is 20.9 Å². The molecule has 0 aliphatic carbocycles. The molecule has 1 aromatic carbocycles. The number of anilines is 1. The van der Waals surface area contributed by atoms with Crippen LogP contribution in [0.3, 0.4) is 0 Å². The van der Waals surface area contributed by atoms with Gasteiger partial charge in [-0.2, -0.15) is 18.4 Å². The van der Waals surface area contributed by atoms with Gasteiger partial charge in [-0.3, -0.25) is 4.31 Å². The van der Waals surface area contributed by atoms with Gasteiger partial charge >= 0.3 is 6.18 Å². The Bertz CT molecular complexity index is 880. The van der Waals surface area contributed by atoms with Crippen molar-refractivity contribution in [2.75, 3.05) is 10.8 Å². The number of fused-ring (bicyclic) bond motifs is 5. The standard InChI is InChI=1S/C15H13F3N2O4S/c16-15(17,18)10-3-8(2-1-7(10)5-19)20-6-9-12-4-11(21)13(24-12)14(9)25(20,22)23/h1-3,9,11-14,21H,4,6H2/t9-,11-,12-,13+,14-/m1/s1. The van der Waals surface area contributed by atoms with Crippen molar-refractivity contribution >= 4 is 15.7 Å². The Labute approximate surface area is 141 Å². The molecule has 3 heterocycles. The van der Waals surface area contributed by atoms with Crippen LogP contribution in [0.15, 0.2) is 18.2 Å². The van der Waals surface area contributed by atoms with E-state index in [9.17, 15) is 26.7 Å². The average molecular weight is 374 g/mol. The number of alkyl halides is 3. The Kier molecular flexibility index (Phi) is 3.39. The summed E-state index contributed by atoms with van der Waals surface area (Å²) in [4.78, 5) is 0. The molecule has 0 saturated carbocycles. The smallest absolute Gasteiger partial charge is 0.390 e. The molecule has 3 aliphatic heterocycles. The number of rotatable bonds is 1. The van der Waals surface area contributed by atoms with Crippen molar-refractivity contribution in [3.05, 3.63) is 29.3 Å². The average Bonchev–Trinajstić information content (AvgIpc) is 3.15. The van der Waals surface area contributed by atoms with Crippen LogP contribution in [0.25, 0.3) is 0 Å². The molecule has 4 rings (SSSR count). The number of nitriles is 1. The Morgan fingerprint density at radius 2 is 2.08 bits per heavy atom. The third-order valence-electron chi connectivity index (χ3n) is 5.15. The molecule has 0 aromatic heterocycles. The van der Waals surface area contributed by atoms with Gasteiger partial charge in [0.15, 0.2) is 0 Å². The largest absolute Gasteiger partial charge is 0.417 e. The van der Waals surface area contributed by atoms with Crippen molar-refractivity contribution in [2.24, 2.45) is 5.92 Å². The number of aliphatic hydroxyl groups excluding tert-OH is 1.